The molecule has 7 heteroatoms. The molecule has 0 fully saturated rings. The summed E-state index contributed by atoms with van der Waals surface area (Å²) in [6.07, 6.45) is 2.66. The van der Waals surface area contributed by atoms with E-state index in [1.165, 1.54) is 0 Å². The summed E-state index contributed by atoms with van der Waals surface area (Å²) < 4.78 is 5.08. The number of carbonyl (C=O) groups is 2. The quantitative estimate of drug-likeness (QED) is 0.640. The number of nitrogens with zero attached hydrogens (tertiary/aromatic N) is 1. The third-order valence-electron chi connectivity index (χ3n) is 3.74. The van der Waals surface area contributed by atoms with Gasteiger partial charge in [-0.15, -0.1) is 0 Å². The van der Waals surface area contributed by atoms with E-state index in [9.17, 15) is 14.7 Å². The summed E-state index contributed by atoms with van der Waals surface area (Å²) in [5.41, 5.74) is 3.04. The number of rotatable bonds is 6. The predicted octanol–water partition coefficient (Wildman–Crippen LogP) is 2.49. The molecule has 3 aromatic rings. The van der Waals surface area contributed by atoms with E-state index in [2.05, 4.69) is 15.3 Å². The topological polar surface area (TPSA) is 104 Å². The summed E-state index contributed by atoms with van der Waals surface area (Å²) in [5, 5.41) is 11.8. The molecule has 128 valence electrons. The highest BCUT2D eigenvalue weighted by Gasteiger charge is 2.23. The highest BCUT2D eigenvalue weighted by Crippen LogP contribution is 2.16. The average molecular weight is 339 g/mol. The van der Waals surface area contributed by atoms with Crippen molar-refractivity contribution in [3.8, 4) is 0 Å². The molecule has 1 amide bonds. The number of aromatic nitrogens is 2. The molecule has 0 bridgehead atoms. The third-order valence-corrected chi connectivity index (χ3v) is 3.74. The first-order chi connectivity index (χ1) is 12.1. The number of carbonyl (C=O) groups excluding carboxylic acids is 1. The fraction of sp³-hybridized carbons (Fsp3) is 0.167. The molecule has 0 aliphatic rings. The number of carboxylic acid groups (broad SMARTS) is 1. The van der Waals surface area contributed by atoms with Crippen molar-refractivity contribution in [1.82, 2.24) is 15.3 Å². The molecule has 2 aromatic heterocycles. The molecule has 0 radical (unpaired) electrons. The van der Waals surface area contributed by atoms with Crippen LogP contribution in [0.4, 0.5) is 4.79 Å². The van der Waals surface area contributed by atoms with Gasteiger partial charge in [0.05, 0.1) is 11.0 Å². The number of hydrogen-bond acceptors (Lipinski definition) is 4. The molecule has 0 spiro atoms. The van der Waals surface area contributed by atoms with Crippen LogP contribution in [0.25, 0.3) is 11.0 Å². The van der Waals surface area contributed by atoms with Crippen molar-refractivity contribution in [2.24, 2.45) is 0 Å². The van der Waals surface area contributed by atoms with Gasteiger partial charge < -0.3 is 20.1 Å². The van der Waals surface area contributed by atoms with E-state index in [-0.39, 0.29) is 13.0 Å². The highest BCUT2D eigenvalue weighted by atomic mass is 16.5. The van der Waals surface area contributed by atoms with E-state index in [0.29, 0.717) is 11.1 Å². The number of nitrogens with one attached hydrogen (secondary N) is 2. The number of ether oxygens (including phenoxy) is 1. The molecular weight excluding hydrogens is 322 g/mol. The SMILES string of the molecule is O=C(NC(Cc1c[nH]c2cccnc12)C(=O)O)OCc1ccccc1. The summed E-state index contributed by atoms with van der Waals surface area (Å²) in [6.45, 7) is 0.0770. The summed E-state index contributed by atoms with van der Waals surface area (Å²) in [7, 11) is 0. The maximum absolute atomic E-state index is 11.9. The van der Waals surface area contributed by atoms with Crippen LogP contribution in [-0.4, -0.2) is 33.2 Å². The summed E-state index contributed by atoms with van der Waals surface area (Å²) >= 11 is 0. The second-order valence-electron chi connectivity index (χ2n) is 5.51. The Labute approximate surface area is 143 Å². The molecule has 0 aliphatic heterocycles. The number of aromatic amines is 1. The number of alkyl carbamates (subject to hydrolysis) is 1. The van der Waals surface area contributed by atoms with Crippen LogP contribution in [0.1, 0.15) is 11.1 Å². The lowest BCUT2D eigenvalue weighted by Gasteiger charge is -2.14. The van der Waals surface area contributed by atoms with E-state index in [0.717, 1.165) is 11.1 Å². The van der Waals surface area contributed by atoms with Gasteiger partial charge in [-0.05, 0) is 23.3 Å². The van der Waals surface area contributed by atoms with E-state index in [1.54, 1.807) is 18.5 Å². The predicted molar refractivity (Wildman–Crippen MR) is 91.0 cm³/mol. The molecule has 1 aromatic carbocycles. The van der Waals surface area contributed by atoms with Gasteiger partial charge in [0.25, 0.3) is 0 Å². The van der Waals surface area contributed by atoms with Crippen molar-refractivity contribution in [3.05, 3.63) is 66.0 Å². The molecule has 1 atom stereocenters. The Morgan fingerprint density at radius 1 is 1.20 bits per heavy atom. The lowest BCUT2D eigenvalue weighted by molar-refractivity contribution is -0.139. The largest absolute Gasteiger partial charge is 0.480 e. The molecule has 0 saturated heterocycles. The van der Waals surface area contributed by atoms with Crippen LogP contribution in [0.5, 0.6) is 0 Å². The number of fused-ring (bicyclic) bond motifs is 1. The van der Waals surface area contributed by atoms with E-state index >= 15 is 0 Å². The zero-order valence-corrected chi connectivity index (χ0v) is 13.3. The van der Waals surface area contributed by atoms with Crippen LogP contribution in [0.2, 0.25) is 0 Å². The lowest BCUT2D eigenvalue weighted by atomic mass is 10.1. The lowest BCUT2D eigenvalue weighted by Crippen LogP contribution is -2.42. The van der Waals surface area contributed by atoms with Gasteiger partial charge in [0.15, 0.2) is 0 Å². The van der Waals surface area contributed by atoms with Gasteiger partial charge in [-0.25, -0.2) is 9.59 Å². The molecule has 25 heavy (non-hydrogen) atoms. The van der Waals surface area contributed by atoms with Gasteiger partial charge in [0, 0.05) is 18.8 Å². The number of carboxylic acids is 1. The number of amides is 1. The fourth-order valence-corrected chi connectivity index (χ4v) is 2.49. The molecule has 7 nitrogen and oxygen atoms in total. The molecule has 3 rings (SSSR count). The zero-order chi connectivity index (χ0) is 17.6. The van der Waals surface area contributed by atoms with E-state index in [4.69, 9.17) is 4.74 Å². The van der Waals surface area contributed by atoms with Crippen LogP contribution in [0, 0.1) is 0 Å². The normalized spacial score (nSPS) is 11.8. The number of pyridine rings is 1. The minimum absolute atomic E-state index is 0.0770. The minimum Gasteiger partial charge on any atom is -0.480 e. The van der Waals surface area contributed by atoms with Crippen molar-refractivity contribution in [3.63, 3.8) is 0 Å². The Hall–Kier alpha value is -3.35. The first-order valence-corrected chi connectivity index (χ1v) is 7.74. The van der Waals surface area contributed by atoms with Crippen molar-refractivity contribution < 1.29 is 19.4 Å². The number of hydrogen-bond donors (Lipinski definition) is 3. The highest BCUT2D eigenvalue weighted by molar-refractivity contribution is 5.83. The standard InChI is InChI=1S/C18H17N3O4/c22-17(23)15(9-13-10-20-14-7-4-8-19-16(13)14)21-18(24)25-11-12-5-2-1-3-6-12/h1-8,10,15,20H,9,11H2,(H,21,24)(H,22,23). The number of aliphatic carboxylic acids is 1. The van der Waals surface area contributed by atoms with Gasteiger partial charge in [0.2, 0.25) is 0 Å². The minimum atomic E-state index is -1.14. The number of H-pyrrole nitrogens is 1. The van der Waals surface area contributed by atoms with E-state index in [1.807, 2.05) is 36.4 Å². The van der Waals surface area contributed by atoms with E-state index < -0.39 is 18.1 Å². The molecule has 1 unspecified atom stereocenters. The van der Waals surface area contributed by atoms with Crippen LogP contribution >= 0.6 is 0 Å². The van der Waals surface area contributed by atoms with Gasteiger partial charge >= 0.3 is 12.1 Å². The molecule has 0 aliphatic carbocycles. The Bertz CT molecular complexity index is 876. The van der Waals surface area contributed by atoms with Crippen molar-refractivity contribution in [2.75, 3.05) is 0 Å². The van der Waals surface area contributed by atoms with Crippen LogP contribution in [0.15, 0.2) is 54.9 Å². The Balaban J connectivity index is 1.63. The summed E-state index contributed by atoms with van der Waals surface area (Å²) in [4.78, 5) is 30.6. The third kappa shape index (κ3) is 4.14. The maximum atomic E-state index is 11.9. The average Bonchev–Trinajstić information content (AvgIpc) is 3.03. The number of benzene rings is 1. The smallest absolute Gasteiger partial charge is 0.408 e. The van der Waals surface area contributed by atoms with Crippen molar-refractivity contribution in [2.45, 2.75) is 19.1 Å². The second-order valence-corrected chi connectivity index (χ2v) is 5.51. The molecule has 0 saturated carbocycles. The Morgan fingerprint density at radius 3 is 2.76 bits per heavy atom. The van der Waals surface area contributed by atoms with Crippen LogP contribution in [0.3, 0.4) is 0 Å². The summed E-state index contributed by atoms with van der Waals surface area (Å²) in [6, 6.07) is 11.7. The molecular formula is C18H17N3O4. The second kappa shape index (κ2) is 7.48. The van der Waals surface area contributed by atoms with Gasteiger partial charge in [-0.3, -0.25) is 4.98 Å². The first kappa shape index (κ1) is 16.5. The zero-order valence-electron chi connectivity index (χ0n) is 13.3. The Kier molecular flexibility index (Phi) is 4.94. The van der Waals surface area contributed by atoms with Crippen LogP contribution < -0.4 is 5.32 Å². The van der Waals surface area contributed by atoms with Gasteiger partial charge in [-0.2, -0.15) is 0 Å². The Morgan fingerprint density at radius 2 is 2.00 bits per heavy atom. The first-order valence-electron chi connectivity index (χ1n) is 7.74. The van der Waals surface area contributed by atoms with Crippen molar-refractivity contribution in [1.29, 1.82) is 0 Å². The maximum Gasteiger partial charge on any atom is 0.408 e. The van der Waals surface area contributed by atoms with Gasteiger partial charge in [-0.1, -0.05) is 30.3 Å². The fourth-order valence-electron chi connectivity index (χ4n) is 2.49. The van der Waals surface area contributed by atoms with Gasteiger partial charge in [0.1, 0.15) is 12.6 Å². The molecule has 3 N–H and O–H groups in total. The van der Waals surface area contributed by atoms with Crippen molar-refractivity contribution >= 4 is 23.1 Å². The monoisotopic (exact) mass is 339 g/mol. The van der Waals surface area contributed by atoms with Crippen LogP contribution in [-0.2, 0) is 22.6 Å². The molecule has 2 heterocycles. The summed E-state index contributed by atoms with van der Waals surface area (Å²) in [5.74, 6) is -1.14.